The molecule has 0 saturated heterocycles. The Morgan fingerprint density at radius 2 is 2.17 bits per heavy atom. The summed E-state index contributed by atoms with van der Waals surface area (Å²) in [6, 6.07) is 6.24. The molecule has 8 heteroatoms. The van der Waals surface area contributed by atoms with Crippen molar-refractivity contribution in [1.82, 2.24) is 14.3 Å². The monoisotopic (exact) mass is 350 g/mol. The van der Waals surface area contributed by atoms with Gasteiger partial charge in [0.1, 0.15) is 5.82 Å². The van der Waals surface area contributed by atoms with Crippen LogP contribution in [0.1, 0.15) is 18.2 Å². The lowest BCUT2D eigenvalue weighted by Crippen LogP contribution is -2.36. The van der Waals surface area contributed by atoms with Crippen LogP contribution in [0, 0.1) is 5.82 Å². The molecule has 128 valence electrons. The smallest absolute Gasteiger partial charge is 0.230 e. The van der Waals surface area contributed by atoms with E-state index in [2.05, 4.69) is 9.97 Å². The van der Waals surface area contributed by atoms with Gasteiger partial charge in [0.25, 0.3) is 0 Å². The molecule has 0 unspecified atom stereocenters. The molecule has 2 aromatic rings. The van der Waals surface area contributed by atoms with E-state index in [-0.39, 0.29) is 12.4 Å². The zero-order valence-corrected chi connectivity index (χ0v) is 14.4. The summed E-state index contributed by atoms with van der Waals surface area (Å²) < 4.78 is 38.4. The van der Waals surface area contributed by atoms with Gasteiger partial charge in [-0.25, -0.2) is 22.8 Å². The molecule has 0 bridgehead atoms. The molecule has 1 aliphatic rings. The van der Waals surface area contributed by atoms with Crippen LogP contribution in [0.25, 0.3) is 0 Å². The van der Waals surface area contributed by atoms with Crippen molar-refractivity contribution >= 4 is 21.7 Å². The van der Waals surface area contributed by atoms with Gasteiger partial charge in [-0.1, -0.05) is 6.07 Å². The number of hydrogen-bond acceptors (Lipinski definition) is 5. The summed E-state index contributed by atoms with van der Waals surface area (Å²) in [4.78, 5) is 10.7. The Bertz CT molecular complexity index is 857. The molecular formula is C16H19FN4O2S. The van der Waals surface area contributed by atoms with Gasteiger partial charge in [-0.2, -0.15) is 4.31 Å². The van der Waals surface area contributed by atoms with Crippen LogP contribution >= 0.6 is 0 Å². The van der Waals surface area contributed by atoms with Gasteiger partial charge in [0.05, 0.1) is 18.5 Å². The third-order valence-corrected chi connectivity index (χ3v) is 5.29. The maximum Gasteiger partial charge on any atom is 0.230 e. The predicted molar refractivity (Wildman–Crippen MR) is 90.1 cm³/mol. The Hall–Kier alpha value is -2.06. The molecule has 3 rings (SSSR count). The van der Waals surface area contributed by atoms with E-state index in [1.807, 2.05) is 6.92 Å². The summed E-state index contributed by atoms with van der Waals surface area (Å²) in [5, 5.41) is 0. The Balaban J connectivity index is 1.95. The maximum atomic E-state index is 13.5. The van der Waals surface area contributed by atoms with Crippen LogP contribution in [-0.2, 0) is 23.0 Å². The van der Waals surface area contributed by atoms with E-state index < -0.39 is 10.0 Å². The van der Waals surface area contributed by atoms with Crippen LogP contribution in [0.5, 0.6) is 0 Å². The second kappa shape index (κ2) is 6.45. The van der Waals surface area contributed by atoms with Crippen LogP contribution in [-0.4, -0.2) is 42.0 Å². The SMILES string of the molecule is CCN(c1cccc(F)c1)c1ncc2c(n1)CN(S(C)(=O)=O)CC2. The predicted octanol–water partition coefficient (Wildman–Crippen LogP) is 2.09. The molecule has 0 spiro atoms. The van der Waals surface area contributed by atoms with Gasteiger partial charge < -0.3 is 4.90 Å². The van der Waals surface area contributed by atoms with Crippen LogP contribution < -0.4 is 4.90 Å². The second-order valence-corrected chi connectivity index (χ2v) is 7.70. The van der Waals surface area contributed by atoms with Crippen molar-refractivity contribution in [3.63, 3.8) is 0 Å². The third-order valence-electron chi connectivity index (χ3n) is 4.04. The van der Waals surface area contributed by atoms with Gasteiger partial charge in [0, 0.05) is 25.0 Å². The lowest BCUT2D eigenvalue weighted by atomic mass is 10.1. The maximum absolute atomic E-state index is 13.5. The number of nitrogens with zero attached hydrogens (tertiary/aromatic N) is 4. The van der Waals surface area contributed by atoms with Crippen molar-refractivity contribution in [3.8, 4) is 0 Å². The number of rotatable bonds is 4. The van der Waals surface area contributed by atoms with Crippen LogP contribution in [0.15, 0.2) is 30.5 Å². The van der Waals surface area contributed by atoms with Crippen LogP contribution in [0.3, 0.4) is 0 Å². The Labute approximate surface area is 141 Å². The molecule has 0 atom stereocenters. The number of benzene rings is 1. The minimum Gasteiger partial charge on any atom is -0.311 e. The molecule has 0 saturated carbocycles. The van der Waals surface area contributed by atoms with Crippen molar-refractivity contribution in [2.45, 2.75) is 19.9 Å². The molecule has 0 amide bonds. The van der Waals surface area contributed by atoms with Crippen molar-refractivity contribution in [1.29, 1.82) is 0 Å². The highest BCUT2D eigenvalue weighted by Gasteiger charge is 2.25. The molecule has 2 heterocycles. The van der Waals surface area contributed by atoms with E-state index in [0.717, 1.165) is 5.56 Å². The fraction of sp³-hybridized carbons (Fsp3) is 0.375. The standard InChI is InChI=1S/C16H19FN4O2S/c1-3-21(14-6-4-5-13(17)9-14)16-18-10-12-7-8-20(24(2,22)23)11-15(12)19-16/h4-6,9-10H,3,7-8,11H2,1-2H3. The van der Waals surface area contributed by atoms with Crippen LogP contribution in [0.4, 0.5) is 16.0 Å². The average Bonchev–Trinajstić information content (AvgIpc) is 2.54. The third kappa shape index (κ3) is 3.39. The molecule has 0 N–H and O–H groups in total. The average molecular weight is 350 g/mol. The summed E-state index contributed by atoms with van der Waals surface area (Å²) in [5.41, 5.74) is 2.31. The van der Waals surface area contributed by atoms with E-state index in [0.29, 0.717) is 36.8 Å². The van der Waals surface area contributed by atoms with E-state index >= 15 is 0 Å². The number of sulfonamides is 1. The minimum absolute atomic E-state index is 0.240. The first-order chi connectivity index (χ1) is 11.4. The quantitative estimate of drug-likeness (QED) is 0.845. The summed E-state index contributed by atoms with van der Waals surface area (Å²) >= 11 is 0. The van der Waals surface area contributed by atoms with Gasteiger partial charge >= 0.3 is 0 Å². The number of anilines is 2. The second-order valence-electron chi connectivity index (χ2n) is 5.71. The van der Waals surface area contributed by atoms with Crippen molar-refractivity contribution in [3.05, 3.63) is 47.5 Å². The summed E-state index contributed by atoms with van der Waals surface area (Å²) in [6.45, 7) is 3.18. The van der Waals surface area contributed by atoms with Gasteiger partial charge in [0.2, 0.25) is 16.0 Å². The molecule has 0 fully saturated rings. The van der Waals surface area contributed by atoms with Gasteiger partial charge in [-0.15, -0.1) is 0 Å². The number of fused-ring (bicyclic) bond motifs is 1. The molecule has 6 nitrogen and oxygen atoms in total. The topological polar surface area (TPSA) is 66.4 Å². The van der Waals surface area contributed by atoms with Crippen molar-refractivity contribution < 1.29 is 12.8 Å². The zero-order valence-electron chi connectivity index (χ0n) is 13.6. The molecule has 1 aromatic heterocycles. The van der Waals surface area contributed by atoms with Crippen LogP contribution in [0.2, 0.25) is 0 Å². The first kappa shape index (κ1) is 16.8. The Kier molecular flexibility index (Phi) is 4.51. The molecular weight excluding hydrogens is 331 g/mol. The highest BCUT2D eigenvalue weighted by atomic mass is 32.2. The Morgan fingerprint density at radius 1 is 1.38 bits per heavy atom. The van der Waals surface area contributed by atoms with E-state index in [1.54, 1.807) is 23.2 Å². The zero-order chi connectivity index (χ0) is 17.3. The number of halogens is 1. The molecule has 1 aromatic carbocycles. The van der Waals surface area contributed by atoms with Gasteiger partial charge in [-0.05, 0) is 37.1 Å². The molecule has 24 heavy (non-hydrogen) atoms. The van der Waals surface area contributed by atoms with Crippen molar-refractivity contribution in [2.24, 2.45) is 0 Å². The lowest BCUT2D eigenvalue weighted by molar-refractivity contribution is 0.388. The summed E-state index contributed by atoms with van der Waals surface area (Å²) in [6.07, 6.45) is 3.53. The first-order valence-electron chi connectivity index (χ1n) is 7.71. The van der Waals surface area contributed by atoms with E-state index in [4.69, 9.17) is 0 Å². The Morgan fingerprint density at radius 3 is 2.83 bits per heavy atom. The number of hydrogen-bond donors (Lipinski definition) is 0. The highest BCUT2D eigenvalue weighted by molar-refractivity contribution is 7.88. The largest absolute Gasteiger partial charge is 0.311 e. The van der Waals surface area contributed by atoms with Gasteiger partial charge in [-0.3, -0.25) is 0 Å². The molecule has 1 aliphatic heterocycles. The number of aromatic nitrogens is 2. The fourth-order valence-electron chi connectivity index (χ4n) is 2.77. The fourth-order valence-corrected chi connectivity index (χ4v) is 3.54. The lowest BCUT2D eigenvalue weighted by Gasteiger charge is -2.27. The normalized spacial score (nSPS) is 15.1. The van der Waals surface area contributed by atoms with Gasteiger partial charge in [0.15, 0.2) is 0 Å². The minimum atomic E-state index is -3.26. The molecule has 0 radical (unpaired) electrons. The first-order valence-corrected chi connectivity index (χ1v) is 9.56. The van der Waals surface area contributed by atoms with E-state index in [1.165, 1.54) is 22.7 Å². The summed E-state index contributed by atoms with van der Waals surface area (Å²) in [5.74, 6) is 0.115. The van der Waals surface area contributed by atoms with Crippen molar-refractivity contribution in [2.75, 3.05) is 24.2 Å². The molecule has 0 aliphatic carbocycles. The highest BCUT2D eigenvalue weighted by Crippen LogP contribution is 2.25. The van der Waals surface area contributed by atoms with E-state index in [9.17, 15) is 12.8 Å². The summed E-state index contributed by atoms with van der Waals surface area (Å²) in [7, 11) is -3.26.